The molecule has 0 heterocycles. The number of nitrogens with one attached hydrogen (secondary N) is 1. The summed E-state index contributed by atoms with van der Waals surface area (Å²) in [5, 5.41) is 23.3. The van der Waals surface area contributed by atoms with Gasteiger partial charge in [-0.15, -0.1) is 0 Å². The third-order valence-electron chi connectivity index (χ3n) is 10.1. The van der Waals surface area contributed by atoms with Crippen molar-refractivity contribution < 1.29 is 72.0 Å². The molecule has 0 bridgehead atoms. The number of amides is 1. The molecule has 0 saturated heterocycles. The number of aromatic hydroxyl groups is 1. The maximum Gasteiger partial charge on any atom is 0.408 e. The van der Waals surface area contributed by atoms with Crippen LogP contribution in [0.25, 0.3) is 0 Å². The molecular weight excluding hydrogens is 1460 g/mol. The van der Waals surface area contributed by atoms with Crippen LogP contribution in [0.2, 0.25) is 0 Å². The second-order valence-corrected chi connectivity index (χ2v) is 24.2. The molecule has 0 aliphatic carbocycles. The van der Waals surface area contributed by atoms with E-state index < -0.39 is 41.2 Å². The highest BCUT2D eigenvalue weighted by atomic mass is 79.9. The summed E-state index contributed by atoms with van der Waals surface area (Å²) in [7, 11) is 0. The number of alkyl halides is 4. The van der Waals surface area contributed by atoms with E-state index in [4.69, 9.17) is 76.8 Å². The first-order valence-corrected chi connectivity index (χ1v) is 33.3. The minimum Gasteiger partial charge on any atom is -0.508 e. The van der Waals surface area contributed by atoms with Crippen LogP contribution in [0.5, 0.6) is 34.5 Å². The number of hydrogen-bond donors (Lipinski definition) is 8. The van der Waals surface area contributed by atoms with Gasteiger partial charge in [-0.25, -0.2) is 19.2 Å². The normalized spacial score (nSPS) is 10.4. The van der Waals surface area contributed by atoms with Crippen molar-refractivity contribution in [1.29, 1.82) is 0 Å². The number of esters is 3. The van der Waals surface area contributed by atoms with Gasteiger partial charge in [-0.05, 0) is 194 Å². The largest absolute Gasteiger partial charge is 0.508 e. The van der Waals surface area contributed by atoms with Crippen molar-refractivity contribution in [2.24, 2.45) is 0 Å². The van der Waals surface area contributed by atoms with E-state index in [1.54, 1.807) is 140 Å². The molecule has 13 N–H and O–H groups in total. The molecule has 6 aromatic rings. The number of aliphatic hydroxyl groups is 1. The monoisotopic (exact) mass is 1550 g/mol. The lowest BCUT2D eigenvalue weighted by atomic mass is 10.1. The van der Waals surface area contributed by atoms with Gasteiger partial charge in [0, 0.05) is 67.3 Å². The number of carbonyl (C=O) groups is 4. The number of benzene rings is 6. The van der Waals surface area contributed by atoms with Crippen LogP contribution in [-0.4, -0.2) is 126 Å². The van der Waals surface area contributed by atoms with E-state index in [1.165, 1.54) is 0 Å². The highest BCUT2D eigenvalue weighted by molar-refractivity contribution is 9.12. The van der Waals surface area contributed by atoms with Crippen molar-refractivity contribution in [2.75, 3.05) is 103 Å². The summed E-state index contributed by atoms with van der Waals surface area (Å²) in [5.74, 6) is 2.66. The average Bonchev–Trinajstić information content (AvgIpc) is 3.46. The number of hydrogen-bond acceptors (Lipinski definition) is 20. The van der Waals surface area contributed by atoms with Crippen LogP contribution in [0.3, 0.4) is 0 Å². The summed E-state index contributed by atoms with van der Waals surface area (Å²) < 4.78 is 47.4. The van der Waals surface area contributed by atoms with Crippen LogP contribution < -0.4 is 57.7 Å². The van der Waals surface area contributed by atoms with E-state index in [1.807, 2.05) is 60.7 Å². The fourth-order valence-electron chi connectivity index (χ4n) is 6.01. The molecule has 6 rings (SSSR count). The molecule has 512 valence electrons. The van der Waals surface area contributed by atoms with Crippen LogP contribution in [0.4, 0.5) is 33.2 Å². The Hall–Kier alpha value is -7.84. The van der Waals surface area contributed by atoms with E-state index >= 15 is 0 Å². The van der Waals surface area contributed by atoms with Crippen LogP contribution in [-0.2, 0) is 39.8 Å². The molecule has 0 radical (unpaired) electrons. The van der Waals surface area contributed by atoms with Gasteiger partial charge in [-0.2, -0.15) is 0 Å². The Morgan fingerprint density at radius 1 is 0.441 bits per heavy atom. The predicted octanol–water partition coefficient (Wildman–Crippen LogP) is 13.2. The molecule has 25 heteroatoms. The van der Waals surface area contributed by atoms with Crippen LogP contribution in [0.1, 0.15) is 61.0 Å². The molecule has 1 atom stereocenters. The van der Waals surface area contributed by atoms with Crippen molar-refractivity contribution >= 4 is 116 Å². The fourth-order valence-corrected chi connectivity index (χ4v) is 6.34. The SMILES string of the molecule is BrCCBr.C=C(C)C(=O)OCCO.C=C(C)C(=O)OCCOc1ccc(N)cc1.CC(C)(C)OC(=O)N[C@@H](Cc1ccc(OCCOc2ccc(N)cc2)cc1)C(=O)OC(C)(C)C.Nc1ccc(O)cc1.Nc1ccc(OCCBr)cc1.Nc1ccc(OCCBr)cc1. The number of nitrogens with two attached hydrogens (primary N) is 5. The smallest absolute Gasteiger partial charge is 0.408 e. The fraction of sp³-hybridized carbons (Fsp3) is 0.353. The summed E-state index contributed by atoms with van der Waals surface area (Å²) in [6.45, 7) is 23.1. The maximum absolute atomic E-state index is 12.7. The number of phenols is 1. The first-order valence-electron chi connectivity index (χ1n) is 28.9. The number of phenolic OH excluding ortho intramolecular Hbond substituents is 1. The van der Waals surface area contributed by atoms with E-state index in [-0.39, 0.29) is 32.0 Å². The van der Waals surface area contributed by atoms with Gasteiger partial charge >= 0.3 is 24.0 Å². The van der Waals surface area contributed by atoms with Gasteiger partial charge in [0.05, 0.1) is 19.8 Å². The van der Waals surface area contributed by atoms with Crippen molar-refractivity contribution in [1.82, 2.24) is 5.32 Å². The molecule has 0 unspecified atom stereocenters. The van der Waals surface area contributed by atoms with Crippen molar-refractivity contribution in [3.8, 4) is 34.5 Å². The van der Waals surface area contributed by atoms with E-state index in [9.17, 15) is 19.2 Å². The minimum atomic E-state index is -0.894. The van der Waals surface area contributed by atoms with E-state index in [2.05, 4.69) is 86.9 Å². The molecule has 21 nitrogen and oxygen atoms in total. The topological polar surface area (TPSA) is 334 Å². The zero-order valence-corrected chi connectivity index (χ0v) is 60.5. The average molecular weight is 1550 g/mol. The summed E-state index contributed by atoms with van der Waals surface area (Å²) in [6.07, 6.45) is -0.432. The molecular formula is C68H92Br4N6O15. The third-order valence-corrected chi connectivity index (χ3v) is 12.7. The molecule has 0 spiro atoms. The van der Waals surface area contributed by atoms with Crippen LogP contribution in [0.15, 0.2) is 170 Å². The molecule has 93 heavy (non-hydrogen) atoms. The lowest BCUT2D eigenvalue weighted by molar-refractivity contribution is -0.157. The minimum absolute atomic E-state index is 0.0473. The Labute approximate surface area is 581 Å². The van der Waals surface area contributed by atoms with Gasteiger partial charge in [0.25, 0.3) is 0 Å². The molecule has 0 aliphatic rings. The molecule has 6 aromatic carbocycles. The summed E-state index contributed by atoms with van der Waals surface area (Å²) >= 11 is 12.9. The number of anilines is 5. The van der Waals surface area contributed by atoms with Crippen LogP contribution in [0, 0.1) is 0 Å². The van der Waals surface area contributed by atoms with Gasteiger partial charge in [0.1, 0.15) is 84.8 Å². The van der Waals surface area contributed by atoms with Gasteiger partial charge in [0.2, 0.25) is 0 Å². The van der Waals surface area contributed by atoms with Crippen molar-refractivity contribution in [2.45, 2.75) is 79.1 Å². The number of ether oxygens (including phenoxy) is 9. The summed E-state index contributed by atoms with van der Waals surface area (Å²) in [5.41, 5.74) is 31.2. The summed E-state index contributed by atoms with van der Waals surface area (Å²) in [6, 6.07) is 41.7. The number of nitrogen functional groups attached to an aromatic ring is 5. The van der Waals surface area contributed by atoms with Crippen LogP contribution >= 0.6 is 63.7 Å². The molecule has 0 aliphatic heterocycles. The Balaban J connectivity index is 0.00000119. The zero-order chi connectivity index (χ0) is 70.2. The third kappa shape index (κ3) is 47.7. The number of halogens is 4. The number of rotatable bonds is 24. The summed E-state index contributed by atoms with van der Waals surface area (Å²) in [4.78, 5) is 46.4. The Kier molecular flexibility index (Phi) is 45.6. The lowest BCUT2D eigenvalue weighted by Gasteiger charge is -2.26. The van der Waals surface area contributed by atoms with Gasteiger partial charge in [-0.3, -0.25) is 0 Å². The standard InChI is InChI=1S/C26H36N2O6.C12H15NO3.2C8H10BrNO.C6H7NO.C6H10O3.C2H4Br2/c1-25(2,3)33-23(29)22(28-24(30)34-26(4,5)6)17-18-7-11-20(12-8-18)31-15-16-32-21-13-9-19(27)10-14-21;1-9(2)12(14)16-8-7-15-11-5-3-10(13)4-6-11;2*9-5-6-11-8-3-1-7(10)2-4-8;7-5-1-3-6(8)4-2-5;1-5(2)6(8)9-4-3-7;3-1-2-4/h7-14,22H,15-17,27H2,1-6H3,(H,28,30);3-6H,1,7-8,13H2,2H3;2*1-4H,5-6,10H2;1-4,8H,7H2;7H,1,3-4H2,2H3;1-2H2/t22-;;;;;;/m0....../s1. The van der Waals surface area contributed by atoms with E-state index in [0.717, 1.165) is 55.5 Å². The zero-order valence-electron chi connectivity index (χ0n) is 54.1. The molecule has 0 saturated carbocycles. The van der Waals surface area contributed by atoms with Crippen molar-refractivity contribution in [3.05, 3.63) is 175 Å². The Morgan fingerprint density at radius 3 is 1.01 bits per heavy atom. The highest BCUT2D eigenvalue weighted by Gasteiger charge is 2.29. The highest BCUT2D eigenvalue weighted by Crippen LogP contribution is 2.19. The van der Waals surface area contributed by atoms with Gasteiger partial charge in [0.15, 0.2) is 0 Å². The first-order chi connectivity index (χ1) is 43.9. The number of alkyl carbamates (subject to hydrolysis) is 1. The lowest BCUT2D eigenvalue weighted by Crippen LogP contribution is -2.47. The Morgan fingerprint density at radius 2 is 0.731 bits per heavy atom. The predicted molar refractivity (Wildman–Crippen MR) is 386 cm³/mol. The second-order valence-electron chi connectivity index (χ2n) is 21.0. The number of carbonyl (C=O) groups excluding carboxylic acids is 4. The quantitative estimate of drug-likeness (QED) is 0.00531. The van der Waals surface area contributed by atoms with Gasteiger partial charge < -0.3 is 86.8 Å². The van der Waals surface area contributed by atoms with Gasteiger partial charge in [-0.1, -0.05) is 89.0 Å². The van der Waals surface area contributed by atoms with Crippen molar-refractivity contribution in [3.63, 3.8) is 0 Å². The molecule has 0 fully saturated rings. The molecule has 1 amide bonds. The Bertz CT molecular complexity index is 2940. The van der Waals surface area contributed by atoms with E-state index in [0.29, 0.717) is 72.7 Å². The number of aliphatic hydroxyl groups excluding tert-OH is 1. The molecule has 0 aromatic heterocycles. The first kappa shape index (κ1) is 85.2. The second kappa shape index (κ2) is 49.8. The maximum atomic E-state index is 12.7.